The predicted molar refractivity (Wildman–Crippen MR) is 65.3 cm³/mol. The summed E-state index contributed by atoms with van der Waals surface area (Å²) in [6.07, 6.45) is 6.62. The average Bonchev–Trinajstić information content (AvgIpc) is 2.68. The van der Waals surface area contributed by atoms with Gasteiger partial charge in [-0.1, -0.05) is 26.7 Å². The smallest absolute Gasteiger partial charge is 0.362 e. The van der Waals surface area contributed by atoms with E-state index in [0.29, 0.717) is 0 Å². The van der Waals surface area contributed by atoms with Crippen LogP contribution in [-0.4, -0.2) is 41.2 Å². The van der Waals surface area contributed by atoms with Crippen molar-refractivity contribution in [2.24, 2.45) is 0 Å². The van der Waals surface area contributed by atoms with Crippen molar-refractivity contribution in [1.82, 2.24) is 0 Å². The lowest BCUT2D eigenvalue weighted by molar-refractivity contribution is -0.932. The van der Waals surface area contributed by atoms with Gasteiger partial charge in [0.25, 0.3) is 0 Å². The number of nitrogens with zero attached hydrogens (tertiary/aromatic N) is 1. The summed E-state index contributed by atoms with van der Waals surface area (Å²) in [5, 5.41) is 9.33. The van der Waals surface area contributed by atoms with E-state index in [0.717, 1.165) is 49.8 Å². The highest BCUT2D eigenvalue weighted by atomic mass is 16.4. The summed E-state index contributed by atoms with van der Waals surface area (Å²) in [6, 6.07) is -0.127. The van der Waals surface area contributed by atoms with Crippen molar-refractivity contribution < 1.29 is 14.4 Å². The maximum Gasteiger partial charge on any atom is 0.362 e. The summed E-state index contributed by atoms with van der Waals surface area (Å²) < 4.78 is 0.858. The molecule has 1 atom stereocenters. The minimum Gasteiger partial charge on any atom is -0.477 e. The fraction of sp³-hybridized carbons (Fsp3) is 0.923. The molecule has 0 aliphatic carbocycles. The Bertz CT molecular complexity index is 220. The van der Waals surface area contributed by atoms with E-state index >= 15 is 0 Å². The predicted octanol–water partition coefficient (Wildman–Crippen LogP) is 2.65. The third-order valence-corrected chi connectivity index (χ3v) is 3.94. The summed E-state index contributed by atoms with van der Waals surface area (Å²) in [5.41, 5.74) is 0. The zero-order valence-corrected chi connectivity index (χ0v) is 10.7. The Morgan fingerprint density at radius 3 is 2.25 bits per heavy atom. The van der Waals surface area contributed by atoms with Crippen molar-refractivity contribution in [2.45, 2.75) is 58.4 Å². The van der Waals surface area contributed by atoms with Gasteiger partial charge in [0.1, 0.15) is 0 Å². The quantitative estimate of drug-likeness (QED) is 0.680. The van der Waals surface area contributed by atoms with E-state index in [2.05, 4.69) is 13.8 Å². The van der Waals surface area contributed by atoms with Crippen molar-refractivity contribution in [2.75, 3.05) is 19.6 Å². The second kappa shape index (κ2) is 6.24. The number of carboxylic acid groups (broad SMARTS) is 1. The summed E-state index contributed by atoms with van der Waals surface area (Å²) in [5.74, 6) is -0.579. The molecule has 3 nitrogen and oxygen atoms in total. The maximum atomic E-state index is 11.3. The van der Waals surface area contributed by atoms with Crippen LogP contribution in [0.25, 0.3) is 0 Å². The minimum absolute atomic E-state index is 0.127. The number of quaternary nitrogens is 1. The van der Waals surface area contributed by atoms with E-state index in [1.165, 1.54) is 12.8 Å². The van der Waals surface area contributed by atoms with Crippen LogP contribution in [0.2, 0.25) is 0 Å². The molecule has 0 saturated carbocycles. The van der Waals surface area contributed by atoms with Gasteiger partial charge in [0, 0.05) is 12.8 Å². The van der Waals surface area contributed by atoms with E-state index in [9.17, 15) is 9.90 Å². The van der Waals surface area contributed by atoms with Crippen molar-refractivity contribution in [3.8, 4) is 0 Å². The molecule has 0 aromatic rings. The lowest BCUT2D eigenvalue weighted by Crippen LogP contribution is -2.55. The third kappa shape index (κ3) is 2.97. The van der Waals surface area contributed by atoms with Gasteiger partial charge in [0.05, 0.1) is 19.6 Å². The van der Waals surface area contributed by atoms with Gasteiger partial charge in [0.15, 0.2) is 6.04 Å². The van der Waals surface area contributed by atoms with E-state index in [1.54, 1.807) is 0 Å². The topological polar surface area (TPSA) is 37.3 Å². The SMILES string of the molecule is CCCC[N+]1(CCCC)CCC[C@H]1C(=O)O. The fourth-order valence-corrected chi connectivity index (χ4v) is 2.98. The van der Waals surface area contributed by atoms with E-state index < -0.39 is 5.97 Å². The molecule has 1 heterocycles. The van der Waals surface area contributed by atoms with E-state index in [1.807, 2.05) is 0 Å². The largest absolute Gasteiger partial charge is 0.477 e. The molecule has 0 radical (unpaired) electrons. The van der Waals surface area contributed by atoms with E-state index in [4.69, 9.17) is 0 Å². The van der Waals surface area contributed by atoms with Gasteiger partial charge in [-0.05, 0) is 12.8 Å². The lowest BCUT2D eigenvalue weighted by Gasteiger charge is -2.38. The fourth-order valence-electron chi connectivity index (χ4n) is 2.98. The van der Waals surface area contributed by atoms with Gasteiger partial charge in [0.2, 0.25) is 0 Å². The van der Waals surface area contributed by atoms with Gasteiger partial charge >= 0.3 is 5.97 Å². The first-order valence-corrected chi connectivity index (χ1v) is 6.75. The van der Waals surface area contributed by atoms with Crippen LogP contribution in [0.4, 0.5) is 0 Å². The molecule has 0 bridgehead atoms. The Morgan fingerprint density at radius 2 is 1.81 bits per heavy atom. The van der Waals surface area contributed by atoms with Crippen LogP contribution in [0.15, 0.2) is 0 Å². The number of carboxylic acids is 1. The molecule has 0 unspecified atom stereocenters. The second-order valence-corrected chi connectivity index (χ2v) is 5.09. The standard InChI is InChI=1S/C13H25NO2/c1-3-5-9-14(10-6-4-2)11-7-8-12(14)13(15)16/h12H,3-11H2,1-2H3/p+1/t12-/m0/s1. The molecular weight excluding hydrogens is 202 g/mol. The molecule has 1 N–H and O–H groups in total. The van der Waals surface area contributed by atoms with Crippen LogP contribution in [-0.2, 0) is 4.79 Å². The number of likely N-dealkylation sites (tertiary alicyclic amines) is 1. The van der Waals surface area contributed by atoms with Crippen LogP contribution < -0.4 is 0 Å². The molecule has 0 amide bonds. The normalized spacial score (nSPS) is 23.5. The average molecular weight is 228 g/mol. The Hall–Kier alpha value is -0.570. The van der Waals surface area contributed by atoms with Gasteiger partial charge < -0.3 is 9.59 Å². The number of carbonyl (C=O) groups is 1. The Morgan fingerprint density at radius 1 is 1.25 bits per heavy atom. The third-order valence-electron chi connectivity index (χ3n) is 3.94. The van der Waals surface area contributed by atoms with Crippen LogP contribution in [0.3, 0.4) is 0 Å². The van der Waals surface area contributed by atoms with Crippen molar-refractivity contribution in [3.63, 3.8) is 0 Å². The zero-order valence-electron chi connectivity index (χ0n) is 10.7. The Balaban J connectivity index is 2.70. The molecule has 1 rings (SSSR count). The second-order valence-electron chi connectivity index (χ2n) is 5.09. The first-order valence-electron chi connectivity index (χ1n) is 6.75. The summed E-state index contributed by atoms with van der Waals surface area (Å²) in [4.78, 5) is 11.3. The first kappa shape index (κ1) is 13.5. The molecular formula is C13H26NO2+. The van der Waals surface area contributed by atoms with Crippen LogP contribution in [0.5, 0.6) is 0 Å². The summed E-state index contributed by atoms with van der Waals surface area (Å²) in [7, 11) is 0. The van der Waals surface area contributed by atoms with Crippen LogP contribution >= 0.6 is 0 Å². The molecule has 16 heavy (non-hydrogen) atoms. The van der Waals surface area contributed by atoms with Crippen molar-refractivity contribution >= 4 is 5.97 Å². The highest BCUT2D eigenvalue weighted by Gasteiger charge is 2.45. The maximum absolute atomic E-state index is 11.3. The van der Waals surface area contributed by atoms with Crippen molar-refractivity contribution in [3.05, 3.63) is 0 Å². The van der Waals surface area contributed by atoms with Crippen LogP contribution in [0, 0.1) is 0 Å². The minimum atomic E-state index is -0.579. The highest BCUT2D eigenvalue weighted by Crippen LogP contribution is 2.29. The Kier molecular flexibility index (Phi) is 5.26. The first-order chi connectivity index (χ1) is 7.66. The molecule has 1 saturated heterocycles. The Labute approximate surface area is 99.0 Å². The van der Waals surface area contributed by atoms with Crippen molar-refractivity contribution in [1.29, 1.82) is 0 Å². The number of hydrogen-bond donors (Lipinski definition) is 1. The molecule has 0 spiro atoms. The van der Waals surface area contributed by atoms with Crippen LogP contribution in [0.1, 0.15) is 52.4 Å². The molecule has 94 valence electrons. The summed E-state index contributed by atoms with van der Waals surface area (Å²) >= 11 is 0. The zero-order chi connectivity index (χ0) is 12.0. The molecule has 1 aliphatic heterocycles. The number of aliphatic carboxylic acids is 1. The van der Waals surface area contributed by atoms with E-state index in [-0.39, 0.29) is 6.04 Å². The molecule has 1 fully saturated rings. The molecule has 0 aromatic carbocycles. The van der Waals surface area contributed by atoms with Gasteiger partial charge in [-0.2, -0.15) is 0 Å². The number of hydrogen-bond acceptors (Lipinski definition) is 1. The molecule has 3 heteroatoms. The van der Waals surface area contributed by atoms with Gasteiger partial charge in [-0.15, -0.1) is 0 Å². The number of unbranched alkanes of at least 4 members (excludes halogenated alkanes) is 2. The molecule has 1 aliphatic rings. The lowest BCUT2D eigenvalue weighted by atomic mass is 10.1. The monoisotopic (exact) mass is 228 g/mol. The van der Waals surface area contributed by atoms with Gasteiger partial charge in [-0.3, -0.25) is 0 Å². The molecule has 0 aromatic heterocycles. The summed E-state index contributed by atoms with van der Waals surface area (Å²) in [6.45, 7) is 7.57. The van der Waals surface area contributed by atoms with Gasteiger partial charge in [-0.25, -0.2) is 4.79 Å². The number of rotatable bonds is 7. The highest BCUT2D eigenvalue weighted by molar-refractivity contribution is 5.72.